The first-order valence-corrected chi connectivity index (χ1v) is 8.42. The SMILES string of the molecule is Cn1cncc1C(=O)NCC1CCN(S(C)(=O)=O)CC1. The van der Waals surface area contributed by atoms with E-state index in [1.165, 1.54) is 16.8 Å². The smallest absolute Gasteiger partial charge is 0.269 e. The number of sulfonamides is 1. The van der Waals surface area contributed by atoms with Gasteiger partial charge in [-0.15, -0.1) is 0 Å². The molecule has 1 N–H and O–H groups in total. The van der Waals surface area contributed by atoms with Gasteiger partial charge in [0.2, 0.25) is 10.0 Å². The third kappa shape index (κ3) is 3.57. The summed E-state index contributed by atoms with van der Waals surface area (Å²) < 4.78 is 26.0. The molecular formula is C12H20N4O3S. The molecule has 0 radical (unpaired) electrons. The van der Waals surface area contributed by atoms with Gasteiger partial charge in [-0.25, -0.2) is 17.7 Å². The van der Waals surface area contributed by atoms with E-state index in [4.69, 9.17) is 0 Å². The molecule has 1 aromatic heterocycles. The van der Waals surface area contributed by atoms with Crippen molar-refractivity contribution in [2.24, 2.45) is 13.0 Å². The van der Waals surface area contributed by atoms with Crippen molar-refractivity contribution in [1.82, 2.24) is 19.2 Å². The highest BCUT2D eigenvalue weighted by Crippen LogP contribution is 2.18. The van der Waals surface area contributed by atoms with Crippen molar-refractivity contribution in [2.75, 3.05) is 25.9 Å². The highest BCUT2D eigenvalue weighted by Gasteiger charge is 2.25. The summed E-state index contributed by atoms with van der Waals surface area (Å²) in [6.07, 6.45) is 5.90. The van der Waals surface area contributed by atoms with Crippen molar-refractivity contribution in [1.29, 1.82) is 0 Å². The van der Waals surface area contributed by atoms with Crippen molar-refractivity contribution in [3.8, 4) is 0 Å². The lowest BCUT2D eigenvalue weighted by Gasteiger charge is -2.30. The molecule has 0 saturated carbocycles. The number of rotatable bonds is 4. The summed E-state index contributed by atoms with van der Waals surface area (Å²) in [5.74, 6) is 0.181. The summed E-state index contributed by atoms with van der Waals surface area (Å²) in [5.41, 5.74) is 0.526. The molecule has 0 bridgehead atoms. The molecule has 0 unspecified atom stereocenters. The molecule has 1 aliphatic heterocycles. The topological polar surface area (TPSA) is 84.3 Å². The largest absolute Gasteiger partial charge is 0.350 e. The Hall–Kier alpha value is -1.41. The Balaban J connectivity index is 1.80. The maximum atomic E-state index is 11.9. The van der Waals surface area contributed by atoms with Gasteiger partial charge in [0.1, 0.15) is 5.69 Å². The van der Waals surface area contributed by atoms with Gasteiger partial charge in [0.05, 0.1) is 18.8 Å². The molecule has 0 aliphatic carbocycles. The first kappa shape index (κ1) is 15.0. The average Bonchev–Trinajstić information content (AvgIpc) is 2.82. The van der Waals surface area contributed by atoms with Crippen LogP contribution in [0.1, 0.15) is 23.3 Å². The Morgan fingerprint density at radius 1 is 1.45 bits per heavy atom. The molecule has 20 heavy (non-hydrogen) atoms. The molecule has 0 atom stereocenters. The monoisotopic (exact) mass is 300 g/mol. The van der Waals surface area contributed by atoms with Crippen LogP contribution in [-0.2, 0) is 17.1 Å². The van der Waals surface area contributed by atoms with Crippen molar-refractivity contribution < 1.29 is 13.2 Å². The number of nitrogens with zero attached hydrogens (tertiary/aromatic N) is 3. The van der Waals surface area contributed by atoms with Crippen LogP contribution >= 0.6 is 0 Å². The molecule has 1 aliphatic rings. The lowest BCUT2D eigenvalue weighted by Crippen LogP contribution is -2.41. The number of hydrogen-bond donors (Lipinski definition) is 1. The second-order valence-electron chi connectivity index (χ2n) is 5.21. The molecule has 2 heterocycles. The lowest BCUT2D eigenvalue weighted by molar-refractivity contribution is 0.0933. The Bertz CT molecular complexity index is 573. The number of aromatic nitrogens is 2. The summed E-state index contributed by atoms with van der Waals surface area (Å²) >= 11 is 0. The average molecular weight is 300 g/mol. The van der Waals surface area contributed by atoms with Crippen LogP contribution in [0.2, 0.25) is 0 Å². The predicted octanol–water partition coefficient (Wildman–Crippen LogP) is -0.178. The Kier molecular flexibility index (Phi) is 4.44. The van der Waals surface area contributed by atoms with Gasteiger partial charge >= 0.3 is 0 Å². The fourth-order valence-corrected chi connectivity index (χ4v) is 3.22. The van der Waals surface area contributed by atoms with Gasteiger partial charge in [-0.3, -0.25) is 4.79 Å². The third-order valence-corrected chi connectivity index (χ3v) is 4.95. The van der Waals surface area contributed by atoms with E-state index < -0.39 is 10.0 Å². The number of imidazole rings is 1. The Labute approximate surface area is 119 Å². The summed E-state index contributed by atoms with van der Waals surface area (Å²) in [4.78, 5) is 15.8. The Morgan fingerprint density at radius 2 is 2.10 bits per heavy atom. The van der Waals surface area contributed by atoms with Crippen molar-refractivity contribution in [3.63, 3.8) is 0 Å². The second kappa shape index (κ2) is 5.92. The number of amides is 1. The minimum Gasteiger partial charge on any atom is -0.350 e. The molecule has 1 saturated heterocycles. The lowest BCUT2D eigenvalue weighted by atomic mass is 9.98. The fourth-order valence-electron chi connectivity index (χ4n) is 2.35. The second-order valence-corrected chi connectivity index (χ2v) is 7.19. The van der Waals surface area contributed by atoms with Gasteiger partial charge in [-0.2, -0.15) is 0 Å². The molecule has 0 aromatic carbocycles. The molecule has 112 valence electrons. The maximum absolute atomic E-state index is 11.9. The normalized spacial score (nSPS) is 18.1. The highest BCUT2D eigenvalue weighted by atomic mass is 32.2. The Morgan fingerprint density at radius 3 is 2.60 bits per heavy atom. The van der Waals surface area contributed by atoms with Crippen LogP contribution in [-0.4, -0.2) is 54.1 Å². The van der Waals surface area contributed by atoms with Gasteiger partial charge in [-0.1, -0.05) is 0 Å². The van der Waals surface area contributed by atoms with Gasteiger partial charge in [0.25, 0.3) is 5.91 Å². The molecule has 2 rings (SSSR count). The summed E-state index contributed by atoms with van der Waals surface area (Å²) in [6.45, 7) is 1.64. The number of carbonyl (C=O) groups is 1. The van der Waals surface area contributed by atoms with E-state index in [0.29, 0.717) is 31.2 Å². The van der Waals surface area contributed by atoms with Crippen LogP contribution < -0.4 is 5.32 Å². The van der Waals surface area contributed by atoms with Gasteiger partial charge < -0.3 is 9.88 Å². The van der Waals surface area contributed by atoms with E-state index >= 15 is 0 Å². The van der Waals surface area contributed by atoms with E-state index in [2.05, 4.69) is 10.3 Å². The van der Waals surface area contributed by atoms with Crippen molar-refractivity contribution in [3.05, 3.63) is 18.2 Å². The number of hydrogen-bond acceptors (Lipinski definition) is 4. The van der Waals surface area contributed by atoms with Crippen LogP contribution in [0.25, 0.3) is 0 Å². The molecule has 1 fully saturated rings. The van der Waals surface area contributed by atoms with Crippen LogP contribution in [0.15, 0.2) is 12.5 Å². The maximum Gasteiger partial charge on any atom is 0.269 e. The van der Waals surface area contributed by atoms with E-state index in [1.54, 1.807) is 17.9 Å². The van der Waals surface area contributed by atoms with Crippen molar-refractivity contribution >= 4 is 15.9 Å². The fraction of sp³-hybridized carbons (Fsp3) is 0.667. The van der Waals surface area contributed by atoms with Crippen LogP contribution in [0.3, 0.4) is 0 Å². The van der Waals surface area contributed by atoms with E-state index in [-0.39, 0.29) is 5.91 Å². The number of carbonyl (C=O) groups excluding carboxylic acids is 1. The van der Waals surface area contributed by atoms with Gasteiger partial charge in [0.15, 0.2) is 0 Å². The molecule has 0 spiro atoms. The first-order chi connectivity index (χ1) is 9.38. The molecule has 1 aromatic rings. The van der Waals surface area contributed by atoms with Crippen LogP contribution in [0, 0.1) is 5.92 Å². The number of nitrogens with one attached hydrogen (secondary N) is 1. The zero-order valence-corrected chi connectivity index (χ0v) is 12.6. The van der Waals surface area contributed by atoms with Crippen LogP contribution in [0.4, 0.5) is 0 Å². The van der Waals surface area contributed by atoms with Crippen molar-refractivity contribution in [2.45, 2.75) is 12.8 Å². The summed E-state index contributed by atoms with van der Waals surface area (Å²) in [7, 11) is -1.32. The third-order valence-electron chi connectivity index (χ3n) is 3.64. The van der Waals surface area contributed by atoms with E-state index in [1.807, 2.05) is 0 Å². The van der Waals surface area contributed by atoms with E-state index in [9.17, 15) is 13.2 Å². The zero-order chi connectivity index (χ0) is 14.8. The number of aryl methyl sites for hydroxylation is 1. The number of piperidine rings is 1. The minimum atomic E-state index is -3.09. The molecule has 7 nitrogen and oxygen atoms in total. The summed E-state index contributed by atoms with van der Waals surface area (Å²) in [6, 6.07) is 0. The standard InChI is InChI=1S/C12H20N4O3S/c1-15-9-13-8-11(15)12(17)14-7-10-3-5-16(6-4-10)20(2,18)19/h8-10H,3-7H2,1-2H3,(H,14,17). The summed E-state index contributed by atoms with van der Waals surface area (Å²) in [5, 5.41) is 2.88. The molecule has 8 heteroatoms. The van der Waals surface area contributed by atoms with Gasteiger partial charge in [-0.05, 0) is 18.8 Å². The molecule has 1 amide bonds. The minimum absolute atomic E-state index is 0.143. The zero-order valence-electron chi connectivity index (χ0n) is 11.7. The van der Waals surface area contributed by atoms with E-state index in [0.717, 1.165) is 12.8 Å². The first-order valence-electron chi connectivity index (χ1n) is 6.57. The molecular weight excluding hydrogens is 280 g/mol. The van der Waals surface area contributed by atoms with Gasteiger partial charge in [0, 0.05) is 26.7 Å². The highest BCUT2D eigenvalue weighted by molar-refractivity contribution is 7.88. The quantitative estimate of drug-likeness (QED) is 0.836. The predicted molar refractivity (Wildman–Crippen MR) is 74.7 cm³/mol. The van der Waals surface area contributed by atoms with Crippen LogP contribution in [0.5, 0.6) is 0 Å².